The number of esters is 1. The number of nitrogens with one attached hydrogen (secondary N) is 2. The van der Waals surface area contributed by atoms with Crippen molar-refractivity contribution in [2.75, 3.05) is 20.2 Å². The Labute approximate surface area is 112 Å². The largest absolute Gasteiger partial charge is 0.467 e. The molecule has 0 aromatic carbocycles. The van der Waals surface area contributed by atoms with Gasteiger partial charge < -0.3 is 15.4 Å². The molecule has 0 aliphatic rings. The minimum atomic E-state index is -0.646. The minimum absolute atomic E-state index is 0.256. The fourth-order valence-electron chi connectivity index (χ4n) is 1.63. The molecule has 0 spiro atoms. The van der Waals surface area contributed by atoms with Crippen LogP contribution in [0.1, 0.15) is 13.3 Å². The zero-order valence-electron chi connectivity index (χ0n) is 11.3. The molecule has 1 amide bonds. The average Bonchev–Trinajstić information content (AvgIpc) is 2.88. The first-order chi connectivity index (χ1) is 9.13. The van der Waals surface area contributed by atoms with E-state index in [1.54, 1.807) is 6.20 Å². The van der Waals surface area contributed by atoms with Crippen LogP contribution in [0.3, 0.4) is 0 Å². The Balaban J connectivity index is 2.20. The number of aryl methyl sites for hydroxylation is 1. The monoisotopic (exact) mass is 268 g/mol. The van der Waals surface area contributed by atoms with Crippen LogP contribution in [0.25, 0.3) is 0 Å². The zero-order chi connectivity index (χ0) is 14.1. The van der Waals surface area contributed by atoms with Gasteiger partial charge in [-0.25, -0.2) is 4.79 Å². The van der Waals surface area contributed by atoms with E-state index in [2.05, 4.69) is 20.5 Å². The number of carbonyl (C=O) groups excluding carboxylic acids is 2. The summed E-state index contributed by atoms with van der Waals surface area (Å²) in [5.41, 5.74) is 0. The van der Waals surface area contributed by atoms with Gasteiger partial charge >= 0.3 is 5.97 Å². The first-order valence-corrected chi connectivity index (χ1v) is 6.16. The lowest BCUT2D eigenvalue weighted by Gasteiger charge is -2.16. The van der Waals surface area contributed by atoms with Gasteiger partial charge in [-0.2, -0.15) is 5.10 Å². The van der Waals surface area contributed by atoms with Gasteiger partial charge in [0.05, 0.1) is 7.11 Å². The summed E-state index contributed by atoms with van der Waals surface area (Å²) in [5.74, 6) is -0.705. The molecule has 1 rings (SSSR count). The Morgan fingerprint density at radius 2 is 2.26 bits per heavy atom. The highest BCUT2D eigenvalue weighted by Crippen LogP contribution is 1.90. The lowest BCUT2D eigenvalue weighted by Crippen LogP contribution is -2.47. The van der Waals surface area contributed by atoms with Crippen LogP contribution in [0.4, 0.5) is 0 Å². The second-order valence-electron chi connectivity index (χ2n) is 4.10. The van der Waals surface area contributed by atoms with Gasteiger partial charge in [0, 0.05) is 32.4 Å². The number of methoxy groups -OCH3 is 1. The number of nitrogens with zero attached hydrogens (tertiary/aromatic N) is 2. The second kappa shape index (κ2) is 8.25. The van der Waals surface area contributed by atoms with E-state index in [0.717, 1.165) is 19.5 Å². The highest BCUT2D eigenvalue weighted by molar-refractivity contribution is 5.83. The summed E-state index contributed by atoms with van der Waals surface area (Å²) in [4.78, 5) is 22.4. The summed E-state index contributed by atoms with van der Waals surface area (Å²) >= 11 is 0. The van der Waals surface area contributed by atoms with Crippen LogP contribution < -0.4 is 10.6 Å². The molecule has 1 atom stereocenters. The lowest BCUT2D eigenvalue weighted by atomic mass is 10.3. The number of aromatic nitrogens is 2. The predicted molar refractivity (Wildman–Crippen MR) is 69.3 cm³/mol. The van der Waals surface area contributed by atoms with Crippen LogP contribution in [-0.2, 0) is 20.9 Å². The molecule has 0 bridgehead atoms. The van der Waals surface area contributed by atoms with Crippen molar-refractivity contribution in [3.05, 3.63) is 18.5 Å². The van der Waals surface area contributed by atoms with E-state index >= 15 is 0 Å². The molecule has 106 valence electrons. The first kappa shape index (κ1) is 15.2. The molecule has 1 unspecified atom stereocenters. The molecule has 0 saturated heterocycles. The standard InChI is InChI=1S/C12H20N4O3/c1-10(17)15-11(12(18)19-2)9-13-5-3-7-16-8-4-6-14-16/h4,6,8,11,13H,3,5,7,9H2,1-2H3,(H,15,17). The van der Waals surface area contributed by atoms with Crippen molar-refractivity contribution in [3.63, 3.8) is 0 Å². The number of hydrogen-bond donors (Lipinski definition) is 2. The van der Waals surface area contributed by atoms with Crippen molar-refractivity contribution in [3.8, 4) is 0 Å². The number of ether oxygens (including phenoxy) is 1. The number of rotatable bonds is 8. The summed E-state index contributed by atoms with van der Waals surface area (Å²) in [6, 6.07) is 1.23. The van der Waals surface area contributed by atoms with Crippen LogP contribution in [0.15, 0.2) is 18.5 Å². The molecule has 0 radical (unpaired) electrons. The van der Waals surface area contributed by atoms with Gasteiger partial charge in [-0.1, -0.05) is 0 Å². The molecule has 7 nitrogen and oxygen atoms in total. The van der Waals surface area contributed by atoms with E-state index in [9.17, 15) is 9.59 Å². The van der Waals surface area contributed by atoms with Crippen LogP contribution in [0.5, 0.6) is 0 Å². The maximum Gasteiger partial charge on any atom is 0.329 e. The third-order valence-electron chi connectivity index (χ3n) is 2.51. The van der Waals surface area contributed by atoms with Gasteiger partial charge in [0.25, 0.3) is 0 Å². The van der Waals surface area contributed by atoms with Crippen LogP contribution in [0.2, 0.25) is 0 Å². The number of hydrogen-bond acceptors (Lipinski definition) is 5. The molecular weight excluding hydrogens is 248 g/mol. The molecule has 0 saturated carbocycles. The molecule has 19 heavy (non-hydrogen) atoms. The van der Waals surface area contributed by atoms with Crippen molar-refractivity contribution in [2.24, 2.45) is 0 Å². The van der Waals surface area contributed by atoms with Gasteiger partial charge in [-0.15, -0.1) is 0 Å². The Morgan fingerprint density at radius 3 is 2.84 bits per heavy atom. The molecule has 1 aromatic rings. The molecule has 0 fully saturated rings. The van der Waals surface area contributed by atoms with Crippen LogP contribution in [0, 0.1) is 0 Å². The van der Waals surface area contributed by atoms with Crippen LogP contribution >= 0.6 is 0 Å². The van der Waals surface area contributed by atoms with Gasteiger partial charge in [0.1, 0.15) is 6.04 Å². The van der Waals surface area contributed by atoms with Crippen molar-refractivity contribution < 1.29 is 14.3 Å². The zero-order valence-corrected chi connectivity index (χ0v) is 11.3. The van der Waals surface area contributed by atoms with Gasteiger partial charge in [0.15, 0.2) is 0 Å². The van der Waals surface area contributed by atoms with E-state index in [4.69, 9.17) is 0 Å². The maximum atomic E-state index is 11.4. The Kier molecular flexibility index (Phi) is 6.59. The van der Waals surface area contributed by atoms with E-state index in [-0.39, 0.29) is 5.91 Å². The Morgan fingerprint density at radius 1 is 1.47 bits per heavy atom. The third-order valence-corrected chi connectivity index (χ3v) is 2.51. The molecule has 7 heteroatoms. The summed E-state index contributed by atoms with van der Waals surface area (Å²) in [5, 5.41) is 9.74. The molecule has 1 aromatic heterocycles. The normalized spacial score (nSPS) is 11.9. The molecule has 2 N–H and O–H groups in total. The topological polar surface area (TPSA) is 85.2 Å². The summed E-state index contributed by atoms with van der Waals surface area (Å²) in [7, 11) is 1.30. The molecular formula is C12H20N4O3. The van der Waals surface area contributed by atoms with Gasteiger partial charge in [-0.3, -0.25) is 9.48 Å². The van der Waals surface area contributed by atoms with Crippen molar-refractivity contribution >= 4 is 11.9 Å². The summed E-state index contributed by atoms with van der Waals surface area (Å²) in [6.45, 7) is 3.26. The number of carbonyl (C=O) groups is 2. The van der Waals surface area contributed by atoms with Gasteiger partial charge in [-0.05, 0) is 19.0 Å². The minimum Gasteiger partial charge on any atom is -0.467 e. The smallest absolute Gasteiger partial charge is 0.329 e. The summed E-state index contributed by atoms with van der Waals surface area (Å²) < 4.78 is 6.46. The average molecular weight is 268 g/mol. The van der Waals surface area contributed by atoms with E-state index < -0.39 is 12.0 Å². The van der Waals surface area contributed by atoms with Gasteiger partial charge in [0.2, 0.25) is 5.91 Å². The van der Waals surface area contributed by atoms with Crippen molar-refractivity contribution in [1.29, 1.82) is 0 Å². The predicted octanol–water partition coefficient (Wildman–Crippen LogP) is -0.460. The highest BCUT2D eigenvalue weighted by Gasteiger charge is 2.19. The fourth-order valence-corrected chi connectivity index (χ4v) is 1.63. The third kappa shape index (κ3) is 6.01. The van der Waals surface area contributed by atoms with E-state index in [0.29, 0.717) is 6.54 Å². The molecule has 1 heterocycles. The molecule has 0 aliphatic heterocycles. The fraction of sp³-hybridized carbons (Fsp3) is 0.583. The van der Waals surface area contributed by atoms with Crippen molar-refractivity contribution in [1.82, 2.24) is 20.4 Å². The number of amides is 1. The maximum absolute atomic E-state index is 11.4. The van der Waals surface area contributed by atoms with E-state index in [1.807, 2.05) is 16.9 Å². The lowest BCUT2D eigenvalue weighted by molar-refractivity contribution is -0.144. The Hall–Kier alpha value is -1.89. The Bertz CT molecular complexity index is 392. The SMILES string of the molecule is COC(=O)C(CNCCCn1cccn1)NC(C)=O. The quantitative estimate of drug-likeness (QED) is 0.492. The summed E-state index contributed by atoms with van der Waals surface area (Å²) in [6.07, 6.45) is 4.52. The van der Waals surface area contributed by atoms with Crippen molar-refractivity contribution in [2.45, 2.75) is 25.9 Å². The second-order valence-corrected chi connectivity index (χ2v) is 4.10. The van der Waals surface area contributed by atoms with Crippen LogP contribution in [-0.4, -0.2) is 47.9 Å². The molecule has 0 aliphatic carbocycles. The first-order valence-electron chi connectivity index (χ1n) is 6.16. The van der Waals surface area contributed by atoms with E-state index in [1.165, 1.54) is 14.0 Å². The highest BCUT2D eigenvalue weighted by atomic mass is 16.5.